The first-order chi connectivity index (χ1) is 16.1. The van der Waals surface area contributed by atoms with E-state index in [1.54, 1.807) is 0 Å². The molecule has 0 bridgehead atoms. The molecule has 2 aromatic rings. The number of nitrogens with zero attached hydrogens (tertiary/aromatic N) is 1. The molecule has 2 aliphatic carbocycles. The van der Waals surface area contributed by atoms with E-state index in [-0.39, 0.29) is 43.4 Å². The van der Waals surface area contributed by atoms with Gasteiger partial charge >= 0.3 is 12.1 Å². The summed E-state index contributed by atoms with van der Waals surface area (Å²) in [5, 5.41) is 12.0. The van der Waals surface area contributed by atoms with Crippen molar-refractivity contribution >= 4 is 18.0 Å². The van der Waals surface area contributed by atoms with Gasteiger partial charge in [0, 0.05) is 23.9 Å². The quantitative estimate of drug-likeness (QED) is 0.633. The third-order valence-corrected chi connectivity index (χ3v) is 6.77. The highest BCUT2D eigenvalue weighted by atomic mass is 16.5. The number of hydrogen-bond acceptors (Lipinski definition) is 4. The van der Waals surface area contributed by atoms with Crippen LogP contribution in [-0.4, -0.2) is 52.7 Å². The Kier molecular flexibility index (Phi) is 6.64. The molecular weight excluding hydrogens is 432 g/mol. The number of benzene rings is 2. The van der Waals surface area contributed by atoms with Gasteiger partial charge in [-0.25, -0.2) is 4.79 Å². The number of rotatable bonds is 7. The molecule has 4 rings (SSSR count). The largest absolute Gasteiger partial charge is 0.480 e. The number of carboxylic acid groups (broad SMARTS) is 1. The van der Waals surface area contributed by atoms with Crippen molar-refractivity contribution in [2.45, 2.75) is 57.5 Å². The van der Waals surface area contributed by atoms with Crippen LogP contribution in [0.4, 0.5) is 4.79 Å². The molecule has 0 aliphatic heterocycles. The van der Waals surface area contributed by atoms with Gasteiger partial charge in [-0.15, -0.1) is 0 Å². The fourth-order valence-electron chi connectivity index (χ4n) is 5.02. The highest BCUT2D eigenvalue weighted by Crippen LogP contribution is 2.44. The minimum Gasteiger partial charge on any atom is -0.480 e. The van der Waals surface area contributed by atoms with Crippen LogP contribution in [0.2, 0.25) is 0 Å². The van der Waals surface area contributed by atoms with Gasteiger partial charge in [-0.3, -0.25) is 9.59 Å². The van der Waals surface area contributed by atoms with Crippen molar-refractivity contribution in [2.24, 2.45) is 5.92 Å². The molecule has 34 heavy (non-hydrogen) atoms. The minimum atomic E-state index is -1.02. The fraction of sp³-hybridized carbons (Fsp3) is 0.444. The Balaban J connectivity index is 1.25. The second-order valence-electron chi connectivity index (χ2n) is 10.3. The zero-order chi connectivity index (χ0) is 24.5. The highest BCUT2D eigenvalue weighted by Gasteiger charge is 2.36. The molecule has 2 N–H and O–H groups in total. The van der Waals surface area contributed by atoms with Crippen LogP contribution >= 0.6 is 0 Å². The van der Waals surface area contributed by atoms with Crippen LogP contribution in [-0.2, 0) is 14.3 Å². The fourth-order valence-corrected chi connectivity index (χ4v) is 5.02. The Morgan fingerprint density at radius 2 is 1.56 bits per heavy atom. The lowest BCUT2D eigenvalue weighted by Gasteiger charge is -2.39. The van der Waals surface area contributed by atoms with Crippen LogP contribution in [0, 0.1) is 5.92 Å². The highest BCUT2D eigenvalue weighted by molar-refractivity contribution is 5.82. The van der Waals surface area contributed by atoms with Gasteiger partial charge in [-0.05, 0) is 61.8 Å². The summed E-state index contributed by atoms with van der Waals surface area (Å²) in [6, 6.07) is 16.4. The van der Waals surface area contributed by atoms with E-state index in [4.69, 9.17) is 9.84 Å². The molecule has 7 heteroatoms. The molecule has 0 heterocycles. The monoisotopic (exact) mass is 464 g/mol. The van der Waals surface area contributed by atoms with Crippen molar-refractivity contribution in [3.05, 3.63) is 59.7 Å². The number of carbonyl (C=O) groups excluding carboxylic acids is 2. The first-order valence-electron chi connectivity index (χ1n) is 11.8. The van der Waals surface area contributed by atoms with E-state index < -0.39 is 17.6 Å². The molecule has 2 amide bonds. The number of nitrogens with one attached hydrogen (secondary N) is 1. The number of carboxylic acids is 1. The zero-order valence-electron chi connectivity index (χ0n) is 19.9. The average Bonchev–Trinajstić information content (AvgIpc) is 3.07. The molecule has 2 aromatic carbocycles. The molecule has 0 saturated heterocycles. The first-order valence-corrected chi connectivity index (χ1v) is 11.8. The summed E-state index contributed by atoms with van der Waals surface area (Å²) in [6.07, 6.45) is 1.20. The maximum atomic E-state index is 12.7. The molecule has 0 atom stereocenters. The molecule has 7 nitrogen and oxygen atoms in total. The van der Waals surface area contributed by atoms with Crippen molar-refractivity contribution in [1.29, 1.82) is 0 Å². The molecule has 1 fully saturated rings. The molecule has 0 spiro atoms. The second-order valence-corrected chi connectivity index (χ2v) is 10.3. The number of amides is 2. The van der Waals surface area contributed by atoms with Crippen LogP contribution in [0.15, 0.2) is 48.5 Å². The van der Waals surface area contributed by atoms with E-state index >= 15 is 0 Å². The van der Waals surface area contributed by atoms with E-state index in [2.05, 4.69) is 29.6 Å². The van der Waals surface area contributed by atoms with Crippen molar-refractivity contribution < 1.29 is 24.2 Å². The average molecular weight is 465 g/mol. The van der Waals surface area contributed by atoms with Gasteiger partial charge in [0.15, 0.2) is 0 Å². The summed E-state index contributed by atoms with van der Waals surface area (Å²) in [7, 11) is 0. The SMILES string of the molecule is CC(C)(C)N(CC(=O)O)C(=O)CC1CC(NC(=O)OCC2c3ccccc3-c3ccccc32)C1. The standard InChI is InChI=1S/C27H32N2O5/c1-27(2,3)29(15-25(31)32)24(30)14-17-12-18(13-17)28-26(33)34-16-23-21-10-6-4-8-19(21)20-9-5-7-11-22(20)23/h4-11,17-18,23H,12-16H2,1-3H3,(H,28,33)(H,31,32). The molecule has 2 aliphatic rings. The number of carbonyl (C=O) groups is 3. The van der Waals surface area contributed by atoms with Crippen molar-refractivity contribution in [3.63, 3.8) is 0 Å². The Labute approximate surface area is 200 Å². The van der Waals surface area contributed by atoms with Crippen LogP contribution in [0.1, 0.15) is 57.1 Å². The summed E-state index contributed by atoms with van der Waals surface area (Å²) in [6.45, 7) is 5.45. The number of aliphatic carboxylic acids is 1. The van der Waals surface area contributed by atoms with Crippen LogP contribution in [0.5, 0.6) is 0 Å². The molecule has 0 radical (unpaired) electrons. The number of alkyl carbamates (subject to hydrolysis) is 1. The molecular formula is C27H32N2O5. The van der Waals surface area contributed by atoms with E-state index in [9.17, 15) is 14.4 Å². The van der Waals surface area contributed by atoms with Crippen LogP contribution < -0.4 is 5.32 Å². The van der Waals surface area contributed by atoms with Gasteiger partial charge in [0.25, 0.3) is 0 Å². The molecule has 180 valence electrons. The molecule has 0 unspecified atom stereocenters. The van der Waals surface area contributed by atoms with Gasteiger partial charge in [0.05, 0.1) is 0 Å². The van der Waals surface area contributed by atoms with Crippen molar-refractivity contribution in [2.75, 3.05) is 13.2 Å². The van der Waals surface area contributed by atoms with Gasteiger partial charge in [-0.2, -0.15) is 0 Å². The molecule has 1 saturated carbocycles. The first kappa shape index (κ1) is 23.8. The van der Waals surface area contributed by atoms with Gasteiger partial charge < -0.3 is 20.1 Å². The maximum absolute atomic E-state index is 12.7. The smallest absolute Gasteiger partial charge is 0.407 e. The number of fused-ring (bicyclic) bond motifs is 3. The Morgan fingerprint density at radius 3 is 2.09 bits per heavy atom. The Morgan fingerprint density at radius 1 is 1.00 bits per heavy atom. The molecule has 0 aromatic heterocycles. The number of ether oxygens (including phenoxy) is 1. The van der Waals surface area contributed by atoms with Gasteiger partial charge in [0.2, 0.25) is 5.91 Å². The predicted octanol–water partition coefficient (Wildman–Crippen LogP) is 4.41. The summed E-state index contributed by atoms with van der Waals surface area (Å²) in [5.41, 5.74) is 4.15. The lowest BCUT2D eigenvalue weighted by atomic mass is 9.78. The third kappa shape index (κ3) is 5.08. The van der Waals surface area contributed by atoms with Crippen molar-refractivity contribution in [3.8, 4) is 11.1 Å². The predicted molar refractivity (Wildman–Crippen MR) is 128 cm³/mol. The van der Waals surface area contributed by atoms with E-state index in [0.717, 1.165) is 0 Å². The minimum absolute atomic E-state index is 0.0162. The number of hydrogen-bond donors (Lipinski definition) is 2. The normalized spacial score (nSPS) is 18.9. The topological polar surface area (TPSA) is 95.9 Å². The lowest BCUT2D eigenvalue weighted by molar-refractivity contribution is -0.149. The van der Waals surface area contributed by atoms with Gasteiger partial charge in [0.1, 0.15) is 13.2 Å². The summed E-state index contributed by atoms with van der Waals surface area (Å²) in [4.78, 5) is 37.6. The van der Waals surface area contributed by atoms with Crippen LogP contribution in [0.3, 0.4) is 0 Å². The maximum Gasteiger partial charge on any atom is 0.407 e. The van der Waals surface area contributed by atoms with Gasteiger partial charge in [-0.1, -0.05) is 48.5 Å². The zero-order valence-corrected chi connectivity index (χ0v) is 19.9. The van der Waals surface area contributed by atoms with E-state index in [1.165, 1.54) is 27.2 Å². The van der Waals surface area contributed by atoms with E-state index in [0.29, 0.717) is 12.8 Å². The van der Waals surface area contributed by atoms with Crippen LogP contribution in [0.25, 0.3) is 11.1 Å². The van der Waals surface area contributed by atoms with Crippen molar-refractivity contribution in [1.82, 2.24) is 10.2 Å². The summed E-state index contributed by atoms with van der Waals surface area (Å²) in [5.74, 6) is -1.04. The Hall–Kier alpha value is -3.35. The third-order valence-electron chi connectivity index (χ3n) is 6.77. The summed E-state index contributed by atoms with van der Waals surface area (Å²) < 4.78 is 5.60. The van der Waals surface area contributed by atoms with E-state index in [1.807, 2.05) is 45.0 Å². The second kappa shape index (κ2) is 9.49. The Bertz CT molecular complexity index is 1040. The summed E-state index contributed by atoms with van der Waals surface area (Å²) >= 11 is 0. The lowest BCUT2D eigenvalue weighted by Crippen LogP contribution is -2.51.